The van der Waals surface area contributed by atoms with Crippen LogP contribution in [0.2, 0.25) is 0 Å². The summed E-state index contributed by atoms with van der Waals surface area (Å²) in [5.74, 6) is 1.51. The second-order valence-corrected chi connectivity index (χ2v) is 7.51. The number of ether oxygens (including phenoxy) is 1. The first-order valence-corrected chi connectivity index (χ1v) is 8.36. The highest BCUT2D eigenvalue weighted by atomic mass is 16.5. The molecule has 1 aliphatic rings. The van der Waals surface area contributed by atoms with Crippen molar-refractivity contribution in [3.63, 3.8) is 0 Å². The lowest BCUT2D eigenvalue weighted by molar-refractivity contribution is -0.131. The van der Waals surface area contributed by atoms with Gasteiger partial charge in [-0.25, -0.2) is 0 Å². The van der Waals surface area contributed by atoms with Gasteiger partial charge in [-0.2, -0.15) is 0 Å². The smallest absolute Gasteiger partial charge is 0.222 e. The molecular weight excluding hydrogens is 264 g/mol. The predicted octanol–water partition coefficient (Wildman–Crippen LogP) is 2.66. The van der Waals surface area contributed by atoms with Crippen LogP contribution >= 0.6 is 0 Å². The molecule has 1 fully saturated rings. The number of nitrogens with two attached hydrogens (primary N) is 1. The molecule has 0 aromatic rings. The Bertz CT molecular complexity index is 308. The van der Waals surface area contributed by atoms with E-state index < -0.39 is 0 Å². The fourth-order valence-corrected chi connectivity index (χ4v) is 2.56. The number of nitrogens with zero attached hydrogens (tertiary/aromatic N) is 1. The molecule has 1 saturated carbocycles. The van der Waals surface area contributed by atoms with Crippen LogP contribution in [0.4, 0.5) is 0 Å². The quantitative estimate of drug-likeness (QED) is 0.631. The van der Waals surface area contributed by atoms with Gasteiger partial charge in [-0.15, -0.1) is 0 Å². The number of likely N-dealkylation sites (N-methyl/N-ethyl adjacent to an activating group) is 1. The van der Waals surface area contributed by atoms with Crippen LogP contribution in [0.25, 0.3) is 0 Å². The van der Waals surface area contributed by atoms with Gasteiger partial charge in [-0.1, -0.05) is 20.8 Å². The van der Waals surface area contributed by atoms with E-state index in [4.69, 9.17) is 10.5 Å². The third-order valence-corrected chi connectivity index (χ3v) is 4.49. The highest BCUT2D eigenvalue weighted by Gasteiger charge is 2.25. The van der Waals surface area contributed by atoms with E-state index in [2.05, 4.69) is 20.8 Å². The van der Waals surface area contributed by atoms with Crippen LogP contribution < -0.4 is 5.73 Å². The van der Waals surface area contributed by atoms with E-state index in [1.54, 1.807) is 4.90 Å². The van der Waals surface area contributed by atoms with E-state index in [0.717, 1.165) is 25.4 Å². The maximum absolute atomic E-state index is 12.2. The summed E-state index contributed by atoms with van der Waals surface area (Å²) in [6, 6.07) is 0. The van der Waals surface area contributed by atoms with Gasteiger partial charge in [-0.3, -0.25) is 4.79 Å². The fourth-order valence-electron chi connectivity index (χ4n) is 2.56. The molecule has 0 heterocycles. The topological polar surface area (TPSA) is 55.6 Å². The normalized spacial score (nSPS) is 16.8. The average molecular weight is 298 g/mol. The number of hydrogen-bond acceptors (Lipinski definition) is 3. The van der Waals surface area contributed by atoms with Crippen molar-refractivity contribution in [1.82, 2.24) is 4.90 Å². The van der Waals surface area contributed by atoms with Crippen molar-refractivity contribution in [3.05, 3.63) is 0 Å². The zero-order valence-corrected chi connectivity index (χ0v) is 14.4. The van der Waals surface area contributed by atoms with Crippen LogP contribution in [0.3, 0.4) is 0 Å². The Morgan fingerprint density at radius 2 is 2.00 bits per heavy atom. The second kappa shape index (κ2) is 8.74. The summed E-state index contributed by atoms with van der Waals surface area (Å²) in [5.41, 5.74) is 5.90. The van der Waals surface area contributed by atoms with Gasteiger partial charge in [-0.05, 0) is 49.5 Å². The zero-order valence-electron chi connectivity index (χ0n) is 14.4. The van der Waals surface area contributed by atoms with Gasteiger partial charge in [0.2, 0.25) is 5.91 Å². The van der Waals surface area contributed by atoms with Crippen molar-refractivity contribution in [1.29, 1.82) is 0 Å². The summed E-state index contributed by atoms with van der Waals surface area (Å²) >= 11 is 0. The average Bonchev–Trinajstić information content (AvgIpc) is 3.21. The van der Waals surface area contributed by atoms with Crippen LogP contribution in [0, 0.1) is 17.3 Å². The standard InChI is InChI=1S/C17H34N2O2/c1-17(2,3)15(9-10-18)7-8-16(20)19(4)11-12-21-13-14-5-6-14/h14-15H,5-13,18H2,1-4H3. The summed E-state index contributed by atoms with van der Waals surface area (Å²) in [5, 5.41) is 0. The highest BCUT2D eigenvalue weighted by molar-refractivity contribution is 5.75. The van der Waals surface area contributed by atoms with Crippen molar-refractivity contribution >= 4 is 5.91 Å². The molecule has 4 nitrogen and oxygen atoms in total. The lowest BCUT2D eigenvalue weighted by atomic mass is 9.76. The van der Waals surface area contributed by atoms with E-state index in [9.17, 15) is 4.79 Å². The monoisotopic (exact) mass is 298 g/mol. The molecule has 4 heteroatoms. The predicted molar refractivity (Wildman–Crippen MR) is 87.0 cm³/mol. The van der Waals surface area contributed by atoms with Gasteiger partial charge >= 0.3 is 0 Å². The molecule has 0 radical (unpaired) electrons. The Kier molecular flexibility index (Phi) is 7.67. The van der Waals surface area contributed by atoms with E-state index >= 15 is 0 Å². The summed E-state index contributed by atoms with van der Waals surface area (Å²) in [4.78, 5) is 14.0. The van der Waals surface area contributed by atoms with Crippen LogP contribution in [-0.2, 0) is 9.53 Å². The summed E-state index contributed by atoms with van der Waals surface area (Å²) < 4.78 is 5.59. The summed E-state index contributed by atoms with van der Waals surface area (Å²) in [6.07, 6.45) is 5.15. The molecule has 1 atom stereocenters. The van der Waals surface area contributed by atoms with Crippen LogP contribution in [0.5, 0.6) is 0 Å². The minimum atomic E-state index is 0.214. The van der Waals surface area contributed by atoms with Crippen molar-refractivity contribution in [2.75, 3.05) is 33.4 Å². The first kappa shape index (κ1) is 18.4. The van der Waals surface area contributed by atoms with Crippen molar-refractivity contribution < 1.29 is 9.53 Å². The molecule has 0 aromatic heterocycles. The summed E-state index contributed by atoms with van der Waals surface area (Å²) in [7, 11) is 1.87. The molecular formula is C17H34N2O2. The molecule has 1 aliphatic carbocycles. The number of carbonyl (C=O) groups is 1. The molecule has 21 heavy (non-hydrogen) atoms. The summed E-state index contributed by atoms with van der Waals surface area (Å²) in [6.45, 7) is 9.60. The van der Waals surface area contributed by atoms with Crippen LogP contribution in [-0.4, -0.2) is 44.2 Å². The first-order chi connectivity index (χ1) is 9.84. The Balaban J connectivity index is 2.19. The number of amides is 1. The van der Waals surface area contributed by atoms with E-state index in [0.29, 0.717) is 32.0 Å². The Labute approximate surface area is 130 Å². The Morgan fingerprint density at radius 1 is 1.33 bits per heavy atom. The van der Waals surface area contributed by atoms with Crippen molar-refractivity contribution in [3.8, 4) is 0 Å². The molecule has 0 aliphatic heterocycles. The molecule has 124 valence electrons. The van der Waals surface area contributed by atoms with Crippen LogP contribution in [0.1, 0.15) is 52.9 Å². The SMILES string of the molecule is CN(CCOCC1CC1)C(=O)CCC(CCN)C(C)(C)C. The molecule has 1 amide bonds. The van der Waals surface area contributed by atoms with E-state index in [1.807, 2.05) is 7.05 Å². The Hall–Kier alpha value is -0.610. The third-order valence-electron chi connectivity index (χ3n) is 4.49. The van der Waals surface area contributed by atoms with Crippen molar-refractivity contribution in [2.24, 2.45) is 23.0 Å². The molecule has 2 N–H and O–H groups in total. The fraction of sp³-hybridized carbons (Fsp3) is 0.941. The zero-order chi connectivity index (χ0) is 15.9. The minimum absolute atomic E-state index is 0.214. The lowest BCUT2D eigenvalue weighted by Gasteiger charge is -2.31. The van der Waals surface area contributed by atoms with Crippen LogP contribution in [0.15, 0.2) is 0 Å². The van der Waals surface area contributed by atoms with E-state index in [1.165, 1.54) is 12.8 Å². The maximum Gasteiger partial charge on any atom is 0.222 e. The second-order valence-electron chi connectivity index (χ2n) is 7.51. The minimum Gasteiger partial charge on any atom is -0.379 e. The van der Waals surface area contributed by atoms with Gasteiger partial charge in [0.15, 0.2) is 0 Å². The maximum atomic E-state index is 12.2. The van der Waals surface area contributed by atoms with Gasteiger partial charge in [0.1, 0.15) is 0 Å². The van der Waals surface area contributed by atoms with Gasteiger partial charge in [0.05, 0.1) is 6.61 Å². The molecule has 1 rings (SSSR count). The van der Waals surface area contributed by atoms with Gasteiger partial charge < -0.3 is 15.4 Å². The van der Waals surface area contributed by atoms with Gasteiger partial charge in [0.25, 0.3) is 0 Å². The van der Waals surface area contributed by atoms with Crippen molar-refractivity contribution in [2.45, 2.75) is 52.9 Å². The third kappa shape index (κ3) is 7.82. The molecule has 0 spiro atoms. The number of rotatable bonds is 10. The number of hydrogen-bond donors (Lipinski definition) is 1. The van der Waals surface area contributed by atoms with Gasteiger partial charge in [0, 0.05) is 26.6 Å². The lowest BCUT2D eigenvalue weighted by Crippen LogP contribution is -2.32. The Morgan fingerprint density at radius 3 is 2.52 bits per heavy atom. The molecule has 0 aromatic carbocycles. The first-order valence-electron chi connectivity index (χ1n) is 8.36. The highest BCUT2D eigenvalue weighted by Crippen LogP contribution is 2.32. The number of carbonyl (C=O) groups excluding carboxylic acids is 1. The largest absolute Gasteiger partial charge is 0.379 e. The molecule has 1 unspecified atom stereocenters. The molecule has 0 saturated heterocycles. The molecule has 0 bridgehead atoms. The van der Waals surface area contributed by atoms with E-state index in [-0.39, 0.29) is 11.3 Å².